The molecule has 0 aromatic carbocycles. The first kappa shape index (κ1) is 37.9. The largest absolute Gasteiger partial charge is 0.391 e. The normalized spacial score (nSPS) is 28.6. The molecule has 0 aromatic rings. The predicted octanol–water partition coefficient (Wildman–Crippen LogP) is -3.49. The number of nitrogens with one attached hydrogen (secondary N) is 6. The molecule has 258 valence electrons. The summed E-state index contributed by atoms with van der Waals surface area (Å²) in [6.07, 6.45) is -1.14. The number of carbonyl (C=O) groups excluding carboxylic acids is 8. The van der Waals surface area contributed by atoms with Gasteiger partial charge in [-0.15, -0.1) is 0 Å². The first-order valence-electron chi connectivity index (χ1n) is 15.5. The molecule has 8 amide bonds. The van der Waals surface area contributed by atoms with Gasteiger partial charge in [0.25, 0.3) is 0 Å². The van der Waals surface area contributed by atoms with Gasteiger partial charge in [-0.1, -0.05) is 27.7 Å². The Hall–Kier alpha value is -4.28. The van der Waals surface area contributed by atoms with Crippen LogP contribution in [-0.2, 0) is 38.4 Å². The molecule has 2 saturated heterocycles. The van der Waals surface area contributed by atoms with Gasteiger partial charge in [0.15, 0.2) is 0 Å². The summed E-state index contributed by atoms with van der Waals surface area (Å²) >= 11 is 0. The Balaban J connectivity index is 2.49. The summed E-state index contributed by atoms with van der Waals surface area (Å²) in [4.78, 5) is 105. The van der Waals surface area contributed by atoms with E-state index in [4.69, 9.17) is 5.73 Å². The van der Waals surface area contributed by atoms with Crippen LogP contribution in [0.15, 0.2) is 0 Å². The molecule has 2 fully saturated rings. The molecule has 0 spiro atoms. The van der Waals surface area contributed by atoms with E-state index in [0.717, 1.165) is 0 Å². The molecule has 2 heterocycles. The lowest BCUT2D eigenvalue weighted by molar-refractivity contribution is -0.144. The first-order chi connectivity index (χ1) is 21.4. The molecular weight excluding hydrogens is 604 g/mol. The number of nitrogens with two attached hydrogens (primary N) is 1. The van der Waals surface area contributed by atoms with Crippen molar-refractivity contribution >= 4 is 47.3 Å². The van der Waals surface area contributed by atoms with E-state index in [1.165, 1.54) is 18.7 Å². The van der Waals surface area contributed by atoms with Crippen LogP contribution in [0.25, 0.3) is 0 Å². The van der Waals surface area contributed by atoms with Crippen molar-refractivity contribution < 1.29 is 43.5 Å². The van der Waals surface area contributed by atoms with E-state index in [1.807, 2.05) is 0 Å². The van der Waals surface area contributed by atoms with Crippen LogP contribution >= 0.6 is 0 Å². The number of nitrogens with zero attached hydrogens (tertiary/aromatic N) is 1. The second-order valence-corrected chi connectivity index (χ2v) is 12.6. The van der Waals surface area contributed by atoms with Gasteiger partial charge in [0.2, 0.25) is 47.3 Å². The highest BCUT2D eigenvalue weighted by Crippen LogP contribution is 2.20. The molecule has 9 N–H and O–H groups in total. The van der Waals surface area contributed by atoms with Crippen molar-refractivity contribution in [1.29, 1.82) is 0 Å². The topological polar surface area (TPSA) is 258 Å². The molecule has 7 atom stereocenters. The van der Waals surface area contributed by atoms with E-state index < -0.39 is 108 Å². The third-order valence-corrected chi connectivity index (χ3v) is 7.70. The number of carbonyl (C=O) groups is 8. The molecule has 46 heavy (non-hydrogen) atoms. The Morgan fingerprint density at radius 2 is 1.43 bits per heavy atom. The lowest BCUT2D eigenvalue weighted by atomic mass is 10.0. The molecule has 0 bridgehead atoms. The fraction of sp³-hybridized carbons (Fsp3) is 0.724. The van der Waals surface area contributed by atoms with Crippen molar-refractivity contribution in [1.82, 2.24) is 36.8 Å². The van der Waals surface area contributed by atoms with Crippen LogP contribution in [0.4, 0.5) is 0 Å². The summed E-state index contributed by atoms with van der Waals surface area (Å²) in [5, 5.41) is 25.3. The van der Waals surface area contributed by atoms with Crippen LogP contribution in [-0.4, -0.2) is 113 Å². The van der Waals surface area contributed by atoms with E-state index in [0.29, 0.717) is 6.42 Å². The van der Waals surface area contributed by atoms with Gasteiger partial charge in [0, 0.05) is 6.54 Å². The molecule has 17 nitrogen and oxygen atoms in total. The van der Waals surface area contributed by atoms with Crippen molar-refractivity contribution in [2.24, 2.45) is 17.6 Å². The highest BCUT2D eigenvalue weighted by atomic mass is 16.3. The van der Waals surface area contributed by atoms with Gasteiger partial charge in [-0.25, -0.2) is 0 Å². The van der Waals surface area contributed by atoms with Gasteiger partial charge in [-0.3, -0.25) is 38.4 Å². The molecule has 0 aromatic heterocycles. The molecule has 2 rings (SSSR count). The summed E-state index contributed by atoms with van der Waals surface area (Å²) in [5.41, 5.74) is 5.31. The maximum Gasteiger partial charge on any atom is 0.248 e. The Labute approximate surface area is 267 Å². The summed E-state index contributed by atoms with van der Waals surface area (Å²) in [7, 11) is 0. The van der Waals surface area contributed by atoms with Gasteiger partial charge >= 0.3 is 0 Å². The van der Waals surface area contributed by atoms with Crippen molar-refractivity contribution in [3.05, 3.63) is 0 Å². The second-order valence-electron chi connectivity index (χ2n) is 12.6. The van der Waals surface area contributed by atoms with Crippen molar-refractivity contribution in [2.75, 3.05) is 13.1 Å². The Kier molecular flexibility index (Phi) is 13.9. The fourth-order valence-corrected chi connectivity index (χ4v) is 5.22. The monoisotopic (exact) mass is 652 g/mol. The maximum atomic E-state index is 13.5. The van der Waals surface area contributed by atoms with Crippen LogP contribution in [0.1, 0.15) is 67.2 Å². The van der Waals surface area contributed by atoms with Crippen LogP contribution in [0.3, 0.4) is 0 Å². The van der Waals surface area contributed by atoms with Crippen LogP contribution in [0.5, 0.6) is 0 Å². The number of aliphatic hydroxyl groups excluding tert-OH is 1. The number of hydrogen-bond donors (Lipinski definition) is 8. The third kappa shape index (κ3) is 10.7. The molecule has 2 aliphatic heterocycles. The number of rotatable bonds is 6. The Morgan fingerprint density at radius 1 is 0.826 bits per heavy atom. The Morgan fingerprint density at radius 3 is 2.00 bits per heavy atom. The second kappa shape index (κ2) is 16.9. The van der Waals surface area contributed by atoms with E-state index in [-0.39, 0.29) is 25.3 Å². The standard InChI is InChI=1S/C29H48N8O9/c1-13(2)10-17-26(43)34-18(11-20(30)39)25(42)32-15(5)24(41)35-22(14(3)4)28(45)36-23(16(6)38)29(46)37-9-7-8-19(37)27(44)31-12-21(40)33-17/h13-19,22-23,38H,7-12H2,1-6H3,(H2,30,39)(H,31,44)(H,32,42)(H,33,40)(H,34,43)(H,35,41)(H,36,45)/t15-,16+,17-,18-,19-,22-,23-/m0/s1. The fourth-order valence-electron chi connectivity index (χ4n) is 5.22. The van der Waals surface area contributed by atoms with E-state index in [2.05, 4.69) is 31.9 Å². The van der Waals surface area contributed by atoms with Crippen molar-refractivity contribution in [3.63, 3.8) is 0 Å². The van der Waals surface area contributed by atoms with E-state index in [9.17, 15) is 43.5 Å². The average molecular weight is 653 g/mol. The maximum absolute atomic E-state index is 13.5. The molecule has 0 radical (unpaired) electrons. The average Bonchev–Trinajstić information content (AvgIpc) is 3.45. The number of aliphatic hydroxyl groups is 1. The third-order valence-electron chi connectivity index (χ3n) is 7.70. The van der Waals surface area contributed by atoms with Crippen molar-refractivity contribution in [2.45, 2.75) is 110 Å². The summed E-state index contributed by atoms with van der Waals surface area (Å²) < 4.78 is 0. The quantitative estimate of drug-likeness (QED) is 0.141. The van der Waals surface area contributed by atoms with Crippen LogP contribution in [0, 0.1) is 11.8 Å². The molecule has 0 unspecified atom stereocenters. The summed E-state index contributed by atoms with van der Waals surface area (Å²) in [5.74, 6) is -6.93. The van der Waals surface area contributed by atoms with Crippen LogP contribution < -0.4 is 37.6 Å². The zero-order valence-corrected chi connectivity index (χ0v) is 27.2. The predicted molar refractivity (Wildman–Crippen MR) is 163 cm³/mol. The lowest BCUT2D eigenvalue weighted by Crippen LogP contribution is -2.61. The van der Waals surface area contributed by atoms with Gasteiger partial charge in [-0.05, 0) is 44.9 Å². The smallest absolute Gasteiger partial charge is 0.248 e. The SMILES string of the molecule is CC(C)C[C@@H]1NC(=O)CNC(=O)[C@@H]2CCCN2C(=O)[C@H]([C@@H](C)O)NC(=O)[C@H](C(C)C)NC(=O)[C@H](C)NC(=O)[C@H](CC(N)=O)NC1=O. The molecule has 0 saturated carbocycles. The number of amides is 8. The molecular formula is C29H48N8O9. The Bertz CT molecular complexity index is 1190. The summed E-state index contributed by atoms with van der Waals surface area (Å²) in [6, 6.07) is -7.58. The first-order valence-corrected chi connectivity index (χ1v) is 15.5. The lowest BCUT2D eigenvalue weighted by Gasteiger charge is -2.31. The van der Waals surface area contributed by atoms with E-state index >= 15 is 0 Å². The van der Waals surface area contributed by atoms with Crippen LogP contribution in [0.2, 0.25) is 0 Å². The molecule has 17 heteroatoms. The number of fused-ring (bicyclic) bond motifs is 1. The van der Waals surface area contributed by atoms with Crippen molar-refractivity contribution in [3.8, 4) is 0 Å². The summed E-state index contributed by atoms with van der Waals surface area (Å²) in [6.45, 7) is 9.10. The highest BCUT2D eigenvalue weighted by molar-refractivity contribution is 5.99. The highest BCUT2D eigenvalue weighted by Gasteiger charge is 2.41. The zero-order valence-electron chi connectivity index (χ0n) is 27.2. The number of primary amides is 1. The minimum atomic E-state index is -1.50. The minimum absolute atomic E-state index is 0.0996. The van der Waals surface area contributed by atoms with Gasteiger partial charge in [0.05, 0.1) is 19.1 Å². The van der Waals surface area contributed by atoms with Gasteiger partial charge in [-0.2, -0.15) is 0 Å². The van der Waals surface area contributed by atoms with E-state index in [1.54, 1.807) is 27.7 Å². The molecule has 2 aliphatic rings. The van der Waals surface area contributed by atoms with Gasteiger partial charge < -0.3 is 47.6 Å². The zero-order chi connectivity index (χ0) is 34.9. The van der Waals surface area contributed by atoms with Gasteiger partial charge in [0.1, 0.15) is 36.3 Å². The minimum Gasteiger partial charge on any atom is -0.391 e. The molecule has 0 aliphatic carbocycles. The number of hydrogen-bond acceptors (Lipinski definition) is 9.